The van der Waals surface area contributed by atoms with Gasteiger partial charge in [0.1, 0.15) is 11.2 Å². The number of rotatable bonds is 7. The van der Waals surface area contributed by atoms with E-state index in [0.29, 0.717) is 17.5 Å². The van der Waals surface area contributed by atoms with Crippen LogP contribution in [0.25, 0.3) is 166 Å². The summed E-state index contributed by atoms with van der Waals surface area (Å²) >= 11 is 0. The van der Waals surface area contributed by atoms with E-state index in [0.717, 1.165) is 138 Å². The Morgan fingerprint density at radius 3 is 1.07 bits per heavy atom. The summed E-state index contributed by atoms with van der Waals surface area (Å²) in [6.45, 7) is 0. The summed E-state index contributed by atoms with van der Waals surface area (Å²) < 4.78 is 16.5. The van der Waals surface area contributed by atoms with Gasteiger partial charge >= 0.3 is 0 Å². The van der Waals surface area contributed by atoms with Crippen molar-refractivity contribution in [2.24, 2.45) is 0 Å². The first-order chi connectivity index (χ1) is 41.2. The van der Waals surface area contributed by atoms with Gasteiger partial charge in [-0.05, 0) is 84.9 Å². The highest BCUT2D eigenvalue weighted by molar-refractivity contribution is 6.40. The normalized spacial score (nSPS) is 12.1. The molecule has 6 aromatic heterocycles. The second-order valence-electron chi connectivity index (χ2n) is 21.5. The molecule has 0 unspecified atom stereocenters. The van der Waals surface area contributed by atoms with E-state index in [1.165, 1.54) is 10.8 Å². The Bertz CT molecular complexity index is 5550. The third kappa shape index (κ3) is 6.60. The van der Waals surface area contributed by atoms with E-state index in [1.54, 1.807) is 0 Å². The number of hydrogen-bond donors (Lipinski definition) is 0. The number of furan rings is 1. The fourth-order valence-corrected chi connectivity index (χ4v) is 13.6. The standard InChI is InChI=1S/C75H45N7O/c1-5-23-46(24-6-1)73-76-74(47-25-7-2-8-26-47)78-75(77-73)48-43-51(79-58-36-18-13-31-53(58)65-62(79)41-42-64-66(65)57-35-17-22-40-63(57)83-64)45-52(44-48)82-61-39-21-16-34-56(61)69-71-67(54-32-14-19-37-59(54)80(71)49-27-9-3-10-28-49)70-68(72(69)82)55-33-15-20-38-60(55)81(70)50-29-11-4-12-30-50/h1-45H. The average Bonchev–Trinajstić information content (AvgIpc) is 1.60. The molecule has 0 saturated carbocycles. The highest BCUT2D eigenvalue weighted by Gasteiger charge is 2.30. The predicted molar refractivity (Wildman–Crippen MR) is 341 cm³/mol. The lowest BCUT2D eigenvalue weighted by Gasteiger charge is -2.17. The van der Waals surface area contributed by atoms with Crippen LogP contribution in [0.2, 0.25) is 0 Å². The zero-order valence-electron chi connectivity index (χ0n) is 44.5. The SMILES string of the molecule is c1ccc(-c2nc(-c3ccccc3)nc(-c3cc(-n4c5ccccc5c5c6c(ccc54)oc4ccccc46)cc(-n4c5ccccc5c5c6c(c7ccccc7n6-c6ccccc6)c6c(c7ccccc7n6-c6ccccc6)c54)c3)n2)cc1. The van der Waals surface area contributed by atoms with E-state index in [2.05, 4.69) is 249 Å². The highest BCUT2D eigenvalue weighted by Crippen LogP contribution is 2.51. The van der Waals surface area contributed by atoms with E-state index in [4.69, 9.17) is 19.4 Å². The second kappa shape index (κ2) is 17.6. The van der Waals surface area contributed by atoms with Gasteiger partial charge in [-0.15, -0.1) is 0 Å². The maximum Gasteiger partial charge on any atom is 0.164 e. The van der Waals surface area contributed by atoms with Gasteiger partial charge in [-0.2, -0.15) is 0 Å². The maximum atomic E-state index is 6.59. The minimum atomic E-state index is 0.558. The van der Waals surface area contributed by atoms with Crippen molar-refractivity contribution in [1.82, 2.24) is 33.2 Å². The molecule has 0 spiro atoms. The van der Waals surface area contributed by atoms with Gasteiger partial charge in [0.2, 0.25) is 0 Å². The molecule has 12 aromatic carbocycles. The molecule has 0 N–H and O–H groups in total. The monoisotopic (exact) mass is 1060 g/mol. The molecule has 0 aliphatic carbocycles. The van der Waals surface area contributed by atoms with Gasteiger partial charge in [-0.1, -0.05) is 188 Å². The number of fused-ring (bicyclic) bond motifs is 19. The number of nitrogens with zero attached hydrogens (tertiary/aromatic N) is 7. The topological polar surface area (TPSA) is 71.5 Å². The van der Waals surface area contributed by atoms with Crippen molar-refractivity contribution in [2.45, 2.75) is 0 Å². The Balaban J connectivity index is 1.05. The molecule has 0 atom stereocenters. The van der Waals surface area contributed by atoms with Crippen LogP contribution in [0.4, 0.5) is 0 Å². The molecule has 0 amide bonds. The summed E-state index contributed by atoms with van der Waals surface area (Å²) in [6.07, 6.45) is 0. The Labute approximate surface area is 474 Å². The Kier molecular flexibility index (Phi) is 9.64. The first-order valence-electron chi connectivity index (χ1n) is 28.1. The van der Waals surface area contributed by atoms with E-state index >= 15 is 0 Å². The van der Waals surface area contributed by atoms with Gasteiger partial charge in [0, 0.05) is 93.3 Å². The largest absolute Gasteiger partial charge is 0.456 e. The van der Waals surface area contributed by atoms with Gasteiger partial charge in [-0.25, -0.2) is 15.0 Å². The molecule has 0 saturated heterocycles. The molecule has 18 rings (SSSR count). The molecule has 0 aliphatic rings. The first kappa shape index (κ1) is 45.5. The molecule has 18 aromatic rings. The number of benzene rings is 12. The highest BCUT2D eigenvalue weighted by atomic mass is 16.3. The van der Waals surface area contributed by atoms with Crippen LogP contribution in [0.5, 0.6) is 0 Å². The summed E-state index contributed by atoms with van der Waals surface area (Å²) in [4.78, 5) is 16.1. The predicted octanol–water partition coefficient (Wildman–Crippen LogP) is 19.2. The smallest absolute Gasteiger partial charge is 0.164 e. The summed E-state index contributed by atoms with van der Waals surface area (Å²) in [5.41, 5.74) is 17.3. The molecule has 83 heavy (non-hydrogen) atoms. The third-order valence-corrected chi connectivity index (χ3v) is 16.9. The van der Waals surface area contributed by atoms with Gasteiger partial charge < -0.3 is 22.7 Å². The van der Waals surface area contributed by atoms with E-state index in [-0.39, 0.29) is 0 Å². The van der Waals surface area contributed by atoms with Crippen LogP contribution in [0.1, 0.15) is 0 Å². The fraction of sp³-hybridized carbons (Fsp3) is 0. The Morgan fingerprint density at radius 1 is 0.229 bits per heavy atom. The molecule has 0 bridgehead atoms. The van der Waals surface area contributed by atoms with Crippen molar-refractivity contribution in [1.29, 1.82) is 0 Å². The third-order valence-electron chi connectivity index (χ3n) is 16.9. The number of aromatic nitrogens is 7. The zero-order valence-corrected chi connectivity index (χ0v) is 44.5. The van der Waals surface area contributed by atoms with Gasteiger partial charge in [0.15, 0.2) is 17.5 Å². The van der Waals surface area contributed by atoms with Gasteiger partial charge in [-0.3, -0.25) is 0 Å². The molecule has 6 heterocycles. The van der Waals surface area contributed by atoms with Crippen LogP contribution in [-0.2, 0) is 0 Å². The van der Waals surface area contributed by atoms with Gasteiger partial charge in [0.25, 0.3) is 0 Å². The lowest BCUT2D eigenvalue weighted by Crippen LogP contribution is -2.04. The van der Waals surface area contributed by atoms with Crippen molar-refractivity contribution >= 4 is 109 Å². The number of hydrogen-bond acceptors (Lipinski definition) is 4. The zero-order chi connectivity index (χ0) is 54.3. The summed E-state index contributed by atoms with van der Waals surface area (Å²) in [5, 5.41) is 11.4. The molecule has 0 fully saturated rings. The van der Waals surface area contributed by atoms with Crippen LogP contribution in [0.3, 0.4) is 0 Å². The summed E-state index contributed by atoms with van der Waals surface area (Å²) in [7, 11) is 0. The van der Waals surface area contributed by atoms with Crippen LogP contribution >= 0.6 is 0 Å². The molecule has 386 valence electrons. The molecule has 0 radical (unpaired) electrons. The molecule has 8 nitrogen and oxygen atoms in total. The lowest BCUT2D eigenvalue weighted by molar-refractivity contribution is 0.669. The minimum Gasteiger partial charge on any atom is -0.456 e. The first-order valence-corrected chi connectivity index (χ1v) is 28.1. The Hall–Kier alpha value is -11.4. The van der Waals surface area contributed by atoms with Crippen molar-refractivity contribution in [3.8, 4) is 56.9 Å². The van der Waals surface area contributed by atoms with Crippen LogP contribution in [0.15, 0.2) is 277 Å². The molecule has 8 heteroatoms. The van der Waals surface area contributed by atoms with E-state index in [1.807, 2.05) is 42.5 Å². The number of para-hydroxylation sites is 7. The maximum absolute atomic E-state index is 6.59. The average molecular weight is 1060 g/mol. The van der Waals surface area contributed by atoms with Crippen LogP contribution in [-0.4, -0.2) is 33.2 Å². The molecule has 0 aliphatic heterocycles. The van der Waals surface area contributed by atoms with Crippen molar-refractivity contribution in [3.63, 3.8) is 0 Å². The molecular weight excluding hydrogens is 1010 g/mol. The lowest BCUT2D eigenvalue weighted by atomic mass is 10.0. The van der Waals surface area contributed by atoms with Crippen LogP contribution < -0.4 is 0 Å². The van der Waals surface area contributed by atoms with E-state index in [9.17, 15) is 0 Å². The minimum absolute atomic E-state index is 0.558. The quantitative estimate of drug-likeness (QED) is 0.159. The summed E-state index contributed by atoms with van der Waals surface area (Å²) in [6, 6.07) is 97.4. The van der Waals surface area contributed by atoms with E-state index < -0.39 is 0 Å². The fourth-order valence-electron chi connectivity index (χ4n) is 13.6. The van der Waals surface area contributed by atoms with Gasteiger partial charge in [0.05, 0.1) is 44.1 Å². The summed E-state index contributed by atoms with van der Waals surface area (Å²) in [5.74, 6) is 1.75. The Morgan fingerprint density at radius 2 is 0.590 bits per heavy atom. The van der Waals surface area contributed by atoms with Crippen LogP contribution in [0, 0.1) is 0 Å². The van der Waals surface area contributed by atoms with Crippen molar-refractivity contribution in [2.75, 3.05) is 0 Å². The molecular formula is C75H45N7O. The van der Waals surface area contributed by atoms with Crippen molar-refractivity contribution in [3.05, 3.63) is 273 Å². The van der Waals surface area contributed by atoms with Crippen molar-refractivity contribution < 1.29 is 4.42 Å². The second-order valence-corrected chi connectivity index (χ2v) is 21.5.